The summed E-state index contributed by atoms with van der Waals surface area (Å²) in [6.07, 6.45) is 1.49. The van der Waals surface area contributed by atoms with E-state index in [1.165, 1.54) is 18.3 Å². The van der Waals surface area contributed by atoms with Crippen LogP contribution in [0.3, 0.4) is 0 Å². The van der Waals surface area contributed by atoms with Gasteiger partial charge in [-0.2, -0.15) is 0 Å². The van der Waals surface area contributed by atoms with Gasteiger partial charge < -0.3 is 9.84 Å². The molecule has 2 N–H and O–H groups in total. The van der Waals surface area contributed by atoms with Gasteiger partial charge in [-0.05, 0) is 45.8 Å². The van der Waals surface area contributed by atoms with Crippen LogP contribution in [0.5, 0.6) is 0 Å². The van der Waals surface area contributed by atoms with Gasteiger partial charge in [-0.1, -0.05) is 17.7 Å². The Balaban J connectivity index is 2.37. The fourth-order valence-corrected chi connectivity index (χ4v) is 3.72. The average Bonchev–Trinajstić information content (AvgIpc) is 2.51. The number of aliphatic hydroxyl groups excluding tert-OH is 1. The van der Waals surface area contributed by atoms with E-state index in [1.54, 1.807) is 18.2 Å². The molecule has 0 unspecified atom stereocenters. The van der Waals surface area contributed by atoms with Gasteiger partial charge in [0.2, 0.25) is 0 Å². The van der Waals surface area contributed by atoms with E-state index in [2.05, 4.69) is 25.6 Å². The number of hydrogen-bond donors (Lipinski definition) is 2. The van der Waals surface area contributed by atoms with Crippen molar-refractivity contribution in [3.8, 4) is 0 Å². The van der Waals surface area contributed by atoms with Crippen LogP contribution in [0.25, 0.3) is 0 Å². The Kier molecular flexibility index (Phi) is 6.37. The number of nitrogens with zero attached hydrogens (tertiary/aromatic N) is 1. The van der Waals surface area contributed by atoms with Gasteiger partial charge in [-0.3, -0.25) is 4.72 Å². The van der Waals surface area contributed by atoms with Gasteiger partial charge in [0.15, 0.2) is 0 Å². The second-order valence-electron chi connectivity index (χ2n) is 4.47. The molecule has 0 fully saturated rings. The lowest BCUT2D eigenvalue weighted by atomic mass is 10.2. The summed E-state index contributed by atoms with van der Waals surface area (Å²) in [6, 6.07) is 7.82. The van der Waals surface area contributed by atoms with Crippen molar-refractivity contribution in [3.63, 3.8) is 0 Å². The first-order valence-corrected chi connectivity index (χ1v) is 9.20. The van der Waals surface area contributed by atoms with Gasteiger partial charge in [0.1, 0.15) is 5.82 Å². The number of pyridine rings is 1. The number of aliphatic hydroxyl groups is 1. The monoisotopic (exact) mass is 420 g/mol. The van der Waals surface area contributed by atoms with Crippen molar-refractivity contribution in [2.75, 3.05) is 17.9 Å². The Hall–Kier alpha value is -1.19. The lowest BCUT2D eigenvalue weighted by molar-refractivity contribution is 0.0804. The first-order valence-electron chi connectivity index (χ1n) is 6.54. The highest BCUT2D eigenvalue weighted by Crippen LogP contribution is 2.30. The van der Waals surface area contributed by atoms with Crippen molar-refractivity contribution in [3.05, 3.63) is 51.6 Å². The van der Waals surface area contributed by atoms with Crippen LogP contribution >= 0.6 is 27.5 Å². The van der Waals surface area contributed by atoms with Crippen molar-refractivity contribution in [1.29, 1.82) is 0 Å². The number of ether oxygens (including phenoxy) is 1. The van der Waals surface area contributed by atoms with Crippen molar-refractivity contribution < 1.29 is 18.3 Å². The fraction of sp³-hybridized carbons (Fsp3) is 0.214. The molecule has 23 heavy (non-hydrogen) atoms. The van der Waals surface area contributed by atoms with Crippen molar-refractivity contribution in [1.82, 2.24) is 4.98 Å². The molecule has 0 atom stereocenters. The molecule has 0 aliphatic heterocycles. The van der Waals surface area contributed by atoms with Gasteiger partial charge in [0.25, 0.3) is 10.0 Å². The van der Waals surface area contributed by atoms with Crippen LogP contribution < -0.4 is 4.72 Å². The molecular weight excluding hydrogens is 408 g/mol. The summed E-state index contributed by atoms with van der Waals surface area (Å²) in [6.45, 7) is -0.0502. The normalized spacial score (nSPS) is 11.4. The standard InChI is InChI=1S/C14H14BrClN2O4S/c15-11-8-13(10(7-12(11)16)9-22-6-5-19)23(20,21)18-14-3-1-2-4-17-14/h1-4,7-8,19H,5-6,9H2,(H,17,18). The van der Waals surface area contributed by atoms with Crippen LogP contribution in [0.4, 0.5) is 5.82 Å². The van der Waals surface area contributed by atoms with Gasteiger partial charge in [-0.25, -0.2) is 13.4 Å². The minimum absolute atomic E-state index is 0.00597. The van der Waals surface area contributed by atoms with E-state index in [4.69, 9.17) is 21.4 Å². The van der Waals surface area contributed by atoms with Crippen molar-refractivity contribution in [2.45, 2.75) is 11.5 Å². The SMILES string of the molecule is O=S(=O)(Nc1ccccn1)c1cc(Br)c(Cl)cc1COCCO. The Morgan fingerprint density at radius 3 is 2.78 bits per heavy atom. The average molecular weight is 422 g/mol. The summed E-state index contributed by atoms with van der Waals surface area (Å²) < 4.78 is 33.3. The number of benzene rings is 1. The Bertz CT molecular complexity index is 772. The largest absolute Gasteiger partial charge is 0.394 e. The molecule has 0 aliphatic carbocycles. The number of sulfonamides is 1. The summed E-state index contributed by atoms with van der Waals surface area (Å²) in [5.41, 5.74) is 0.384. The number of halogens is 2. The zero-order valence-corrected chi connectivity index (χ0v) is 15.0. The molecule has 0 spiro atoms. The Labute approximate surface area is 147 Å². The van der Waals surface area contributed by atoms with E-state index in [1.807, 2.05) is 0 Å². The number of anilines is 1. The van der Waals surface area contributed by atoms with E-state index < -0.39 is 10.0 Å². The van der Waals surface area contributed by atoms with Crippen LogP contribution in [-0.2, 0) is 21.4 Å². The number of rotatable bonds is 7. The molecule has 0 saturated carbocycles. The Morgan fingerprint density at radius 1 is 1.35 bits per heavy atom. The maximum atomic E-state index is 12.6. The molecule has 9 heteroatoms. The zero-order valence-electron chi connectivity index (χ0n) is 11.9. The molecule has 2 rings (SSSR count). The number of nitrogens with one attached hydrogen (secondary N) is 1. The smallest absolute Gasteiger partial charge is 0.263 e. The molecule has 0 amide bonds. The summed E-state index contributed by atoms with van der Waals surface area (Å²) >= 11 is 9.25. The predicted molar refractivity (Wildman–Crippen MR) is 90.9 cm³/mol. The molecule has 0 aliphatic rings. The molecular formula is C14H14BrClN2O4S. The van der Waals surface area contributed by atoms with E-state index in [-0.39, 0.29) is 30.5 Å². The lowest BCUT2D eigenvalue weighted by Crippen LogP contribution is -2.16. The topological polar surface area (TPSA) is 88.5 Å². The van der Waals surface area contributed by atoms with Crippen LogP contribution in [-0.4, -0.2) is 31.7 Å². The molecule has 1 heterocycles. The molecule has 0 saturated heterocycles. The van der Waals surface area contributed by atoms with Crippen molar-refractivity contribution in [2.24, 2.45) is 0 Å². The summed E-state index contributed by atoms with van der Waals surface area (Å²) in [5, 5.41) is 9.13. The second kappa shape index (κ2) is 8.07. The molecule has 6 nitrogen and oxygen atoms in total. The maximum absolute atomic E-state index is 12.6. The number of aromatic nitrogens is 1. The van der Waals surface area contributed by atoms with Gasteiger partial charge >= 0.3 is 0 Å². The molecule has 1 aromatic carbocycles. The van der Waals surface area contributed by atoms with Crippen LogP contribution in [0.1, 0.15) is 5.56 Å². The lowest BCUT2D eigenvalue weighted by Gasteiger charge is -2.13. The van der Waals surface area contributed by atoms with Gasteiger partial charge in [0.05, 0.1) is 29.7 Å². The third kappa shape index (κ3) is 4.89. The molecule has 0 radical (unpaired) electrons. The van der Waals surface area contributed by atoms with E-state index >= 15 is 0 Å². The fourth-order valence-electron chi connectivity index (χ4n) is 1.80. The highest BCUT2D eigenvalue weighted by Gasteiger charge is 2.21. The molecule has 124 valence electrons. The van der Waals surface area contributed by atoms with Crippen LogP contribution in [0.2, 0.25) is 5.02 Å². The first-order chi connectivity index (χ1) is 10.9. The maximum Gasteiger partial charge on any atom is 0.263 e. The third-order valence-corrected chi connectivity index (χ3v) is 5.42. The quantitative estimate of drug-likeness (QED) is 0.671. The number of hydrogen-bond acceptors (Lipinski definition) is 5. The minimum atomic E-state index is -3.86. The first kappa shape index (κ1) is 18.2. The van der Waals surface area contributed by atoms with Crippen molar-refractivity contribution >= 4 is 43.4 Å². The van der Waals surface area contributed by atoms with Gasteiger partial charge in [-0.15, -0.1) is 0 Å². The zero-order chi connectivity index (χ0) is 16.9. The Morgan fingerprint density at radius 2 is 2.13 bits per heavy atom. The third-order valence-electron chi connectivity index (χ3n) is 2.79. The highest BCUT2D eigenvalue weighted by atomic mass is 79.9. The highest BCUT2D eigenvalue weighted by molar-refractivity contribution is 9.10. The molecule has 1 aromatic heterocycles. The minimum Gasteiger partial charge on any atom is -0.394 e. The summed E-state index contributed by atoms with van der Waals surface area (Å²) in [5.74, 6) is 0.209. The second-order valence-corrected chi connectivity index (χ2v) is 7.38. The van der Waals surface area contributed by atoms with Gasteiger partial charge in [0, 0.05) is 10.7 Å². The predicted octanol–water partition coefficient (Wildman–Crippen LogP) is 2.81. The molecule has 0 bridgehead atoms. The summed E-state index contributed by atoms with van der Waals surface area (Å²) in [7, 11) is -3.86. The summed E-state index contributed by atoms with van der Waals surface area (Å²) in [4.78, 5) is 3.97. The van der Waals surface area contributed by atoms with E-state index in [0.29, 0.717) is 15.1 Å². The van der Waals surface area contributed by atoms with Crippen LogP contribution in [0, 0.1) is 0 Å². The van der Waals surface area contributed by atoms with Crippen LogP contribution in [0.15, 0.2) is 45.9 Å². The van der Waals surface area contributed by atoms with E-state index in [9.17, 15) is 8.42 Å². The molecule has 2 aromatic rings. The van der Waals surface area contributed by atoms with E-state index in [0.717, 1.165) is 0 Å².